The minimum Gasteiger partial charge on any atom is -0.376 e. The molecule has 0 fully saturated rings. The lowest BCUT2D eigenvalue weighted by Gasteiger charge is -2.12. The largest absolute Gasteiger partial charge is 0.376 e. The summed E-state index contributed by atoms with van der Waals surface area (Å²) in [4.78, 5) is 4.41. The van der Waals surface area contributed by atoms with Crippen LogP contribution in [-0.4, -0.2) is 25.2 Å². The summed E-state index contributed by atoms with van der Waals surface area (Å²) in [6.07, 6.45) is 1.60. The first-order valence-corrected chi connectivity index (χ1v) is 8.13. The Bertz CT molecular complexity index is 1110. The van der Waals surface area contributed by atoms with Gasteiger partial charge in [0.2, 0.25) is 0 Å². The average Bonchev–Trinajstić information content (AvgIpc) is 3.15. The molecule has 1 N–H and O–H groups in total. The topological polar surface area (TPSA) is 92.3 Å². The predicted molar refractivity (Wildman–Crippen MR) is 97.7 cm³/mol. The Balaban J connectivity index is 1.71. The van der Waals surface area contributed by atoms with Crippen molar-refractivity contribution in [3.8, 4) is 11.8 Å². The van der Waals surface area contributed by atoms with Crippen LogP contribution in [-0.2, 0) is 6.54 Å². The van der Waals surface area contributed by atoms with E-state index in [2.05, 4.69) is 31.9 Å². The number of nitriles is 1. The van der Waals surface area contributed by atoms with Crippen molar-refractivity contribution in [2.45, 2.75) is 13.5 Å². The molecule has 0 aliphatic rings. The molecule has 0 aliphatic carbocycles. The second kappa shape index (κ2) is 6.61. The average molecular weight is 341 g/mol. The van der Waals surface area contributed by atoms with Gasteiger partial charge in [-0.1, -0.05) is 36.4 Å². The number of rotatable bonds is 4. The van der Waals surface area contributed by atoms with Gasteiger partial charge in [0.25, 0.3) is 0 Å². The van der Waals surface area contributed by atoms with E-state index in [0.29, 0.717) is 17.9 Å². The maximum absolute atomic E-state index is 9.46. The monoisotopic (exact) mass is 341 g/mol. The van der Waals surface area contributed by atoms with E-state index in [4.69, 9.17) is 0 Å². The molecule has 4 aromatic rings. The Morgan fingerprint density at radius 2 is 1.96 bits per heavy atom. The number of nitrogens with one attached hydrogen (secondary N) is 1. The summed E-state index contributed by atoms with van der Waals surface area (Å²) >= 11 is 0. The zero-order valence-electron chi connectivity index (χ0n) is 14.1. The maximum Gasteiger partial charge on any atom is 0.175 e. The summed E-state index contributed by atoms with van der Waals surface area (Å²) in [5.41, 5.74) is 4.04. The summed E-state index contributed by atoms with van der Waals surface area (Å²) in [7, 11) is 0. The Hall–Kier alpha value is -3.79. The molecule has 2 aromatic heterocycles. The van der Waals surface area contributed by atoms with Crippen LogP contribution in [0.2, 0.25) is 0 Å². The van der Waals surface area contributed by atoms with Crippen molar-refractivity contribution in [1.82, 2.24) is 25.2 Å². The number of para-hydroxylation sites is 2. The van der Waals surface area contributed by atoms with E-state index in [9.17, 15) is 5.26 Å². The molecule has 126 valence electrons. The van der Waals surface area contributed by atoms with Crippen LogP contribution < -0.4 is 5.32 Å². The molecule has 0 amide bonds. The molecule has 7 heteroatoms. The predicted octanol–water partition coefficient (Wildman–Crippen LogP) is 3.00. The molecule has 0 radical (unpaired) electrons. The third-order valence-electron chi connectivity index (χ3n) is 4.18. The zero-order valence-corrected chi connectivity index (χ0v) is 14.1. The van der Waals surface area contributed by atoms with Crippen LogP contribution in [0.1, 0.15) is 17.0 Å². The third kappa shape index (κ3) is 2.74. The quantitative estimate of drug-likeness (QED) is 0.613. The van der Waals surface area contributed by atoms with Crippen LogP contribution in [0.25, 0.3) is 16.6 Å². The van der Waals surface area contributed by atoms with Crippen molar-refractivity contribution in [2.24, 2.45) is 0 Å². The molecule has 0 spiro atoms. The first-order chi connectivity index (χ1) is 12.8. The van der Waals surface area contributed by atoms with Gasteiger partial charge in [0.1, 0.15) is 6.07 Å². The summed E-state index contributed by atoms with van der Waals surface area (Å²) in [6, 6.07) is 17.8. The Kier molecular flexibility index (Phi) is 4.00. The van der Waals surface area contributed by atoms with Gasteiger partial charge in [0.05, 0.1) is 29.0 Å². The van der Waals surface area contributed by atoms with Gasteiger partial charge in [-0.15, -0.1) is 5.10 Å². The van der Waals surface area contributed by atoms with E-state index in [1.165, 1.54) is 0 Å². The van der Waals surface area contributed by atoms with Crippen molar-refractivity contribution < 1.29 is 0 Å². The molecule has 7 nitrogen and oxygen atoms in total. The summed E-state index contributed by atoms with van der Waals surface area (Å²) < 4.78 is 1.67. The number of tetrazole rings is 1. The normalized spacial score (nSPS) is 10.6. The molecular weight excluding hydrogens is 326 g/mol. The van der Waals surface area contributed by atoms with Crippen LogP contribution in [0.15, 0.2) is 54.7 Å². The molecule has 2 aromatic carbocycles. The second-order valence-electron chi connectivity index (χ2n) is 5.83. The fourth-order valence-electron chi connectivity index (χ4n) is 2.90. The molecule has 0 atom stereocenters. The van der Waals surface area contributed by atoms with E-state index >= 15 is 0 Å². The van der Waals surface area contributed by atoms with Gasteiger partial charge in [0.15, 0.2) is 5.82 Å². The van der Waals surface area contributed by atoms with Gasteiger partial charge in [-0.25, -0.2) is 0 Å². The molecule has 2 heterocycles. The van der Waals surface area contributed by atoms with Gasteiger partial charge in [-0.3, -0.25) is 4.98 Å². The van der Waals surface area contributed by atoms with Crippen LogP contribution >= 0.6 is 0 Å². The zero-order chi connectivity index (χ0) is 17.9. The van der Waals surface area contributed by atoms with Crippen LogP contribution in [0.4, 0.5) is 5.69 Å². The van der Waals surface area contributed by atoms with Gasteiger partial charge < -0.3 is 5.32 Å². The van der Waals surface area contributed by atoms with E-state index in [0.717, 1.165) is 27.8 Å². The highest BCUT2D eigenvalue weighted by molar-refractivity contribution is 5.95. The van der Waals surface area contributed by atoms with E-state index < -0.39 is 0 Å². The van der Waals surface area contributed by atoms with Crippen LogP contribution in [0.3, 0.4) is 0 Å². The molecule has 0 saturated carbocycles. The first-order valence-electron chi connectivity index (χ1n) is 8.13. The Morgan fingerprint density at radius 1 is 1.12 bits per heavy atom. The number of anilines is 1. The first kappa shape index (κ1) is 15.7. The summed E-state index contributed by atoms with van der Waals surface area (Å²) in [6.45, 7) is 2.38. The molecule has 4 rings (SSSR count). The van der Waals surface area contributed by atoms with Crippen LogP contribution in [0, 0.1) is 18.3 Å². The number of hydrogen-bond donors (Lipinski definition) is 1. The highest BCUT2D eigenvalue weighted by atomic mass is 15.5. The SMILES string of the molecule is Cc1cccc2c(NCc3nnnn3-c3ccccc3)c(C#N)cnc12. The summed E-state index contributed by atoms with van der Waals surface area (Å²) in [5, 5.41) is 25.6. The van der Waals surface area contributed by atoms with E-state index in [-0.39, 0.29) is 0 Å². The van der Waals surface area contributed by atoms with Crippen molar-refractivity contribution in [3.63, 3.8) is 0 Å². The van der Waals surface area contributed by atoms with Crippen molar-refractivity contribution in [2.75, 3.05) is 5.32 Å². The maximum atomic E-state index is 9.46. The fourth-order valence-corrected chi connectivity index (χ4v) is 2.90. The number of fused-ring (bicyclic) bond motifs is 1. The number of nitrogens with zero attached hydrogens (tertiary/aromatic N) is 6. The van der Waals surface area contributed by atoms with Gasteiger partial charge in [0, 0.05) is 11.6 Å². The van der Waals surface area contributed by atoms with E-state index in [1.807, 2.05) is 55.5 Å². The highest BCUT2D eigenvalue weighted by Gasteiger charge is 2.13. The Morgan fingerprint density at radius 3 is 2.77 bits per heavy atom. The lowest BCUT2D eigenvalue weighted by Crippen LogP contribution is -2.10. The smallest absolute Gasteiger partial charge is 0.175 e. The van der Waals surface area contributed by atoms with Crippen LogP contribution in [0.5, 0.6) is 0 Å². The second-order valence-corrected chi connectivity index (χ2v) is 5.83. The number of hydrogen-bond acceptors (Lipinski definition) is 6. The van der Waals surface area contributed by atoms with Gasteiger partial charge in [-0.2, -0.15) is 9.94 Å². The molecule has 0 aliphatic heterocycles. The van der Waals surface area contributed by atoms with Gasteiger partial charge >= 0.3 is 0 Å². The molecule has 0 unspecified atom stereocenters. The fraction of sp³-hybridized carbons (Fsp3) is 0.105. The molecule has 26 heavy (non-hydrogen) atoms. The lowest BCUT2D eigenvalue weighted by molar-refractivity contribution is 0.768. The number of pyridine rings is 1. The standard InChI is InChI=1S/C19H15N7/c1-13-6-5-9-16-18(13)21-11-14(10-20)19(16)22-12-17-23-24-25-26(17)15-7-3-2-4-8-15/h2-9,11H,12H2,1H3,(H,21,22). The summed E-state index contributed by atoms with van der Waals surface area (Å²) in [5.74, 6) is 0.651. The number of benzene rings is 2. The van der Waals surface area contributed by atoms with Gasteiger partial charge in [-0.05, 0) is 35.0 Å². The van der Waals surface area contributed by atoms with E-state index in [1.54, 1.807) is 10.9 Å². The minimum atomic E-state index is 0.379. The van der Waals surface area contributed by atoms with Crippen molar-refractivity contribution in [1.29, 1.82) is 5.26 Å². The lowest BCUT2D eigenvalue weighted by atomic mass is 10.1. The molecule has 0 saturated heterocycles. The molecular formula is C19H15N7. The van der Waals surface area contributed by atoms with Crippen molar-refractivity contribution >= 4 is 16.6 Å². The molecule has 0 bridgehead atoms. The number of aromatic nitrogens is 5. The number of aryl methyl sites for hydroxylation is 1. The Labute approximate surface area is 149 Å². The highest BCUT2D eigenvalue weighted by Crippen LogP contribution is 2.27. The minimum absolute atomic E-state index is 0.379. The third-order valence-corrected chi connectivity index (χ3v) is 4.18. The van der Waals surface area contributed by atoms with Crippen molar-refractivity contribution in [3.05, 3.63) is 71.7 Å².